The van der Waals surface area contributed by atoms with Gasteiger partial charge in [-0.1, -0.05) is 6.42 Å². The van der Waals surface area contributed by atoms with E-state index in [2.05, 4.69) is 0 Å². The number of ether oxygens (including phenoxy) is 1. The molecule has 1 heterocycles. The molecule has 1 saturated carbocycles. The highest BCUT2D eigenvalue weighted by molar-refractivity contribution is 6.07. The Bertz CT molecular complexity index is 346. The highest BCUT2D eigenvalue weighted by Crippen LogP contribution is 2.43. The molecule has 0 unspecified atom stereocenters. The Balaban J connectivity index is 2.41. The van der Waals surface area contributed by atoms with Crippen molar-refractivity contribution in [1.82, 2.24) is 0 Å². The van der Waals surface area contributed by atoms with E-state index in [1.807, 2.05) is 0 Å². The summed E-state index contributed by atoms with van der Waals surface area (Å²) in [6.45, 7) is 3.22. The van der Waals surface area contributed by atoms with Gasteiger partial charge in [-0.2, -0.15) is 0 Å². The maximum atomic E-state index is 11.6. The van der Waals surface area contributed by atoms with Crippen molar-refractivity contribution in [1.29, 1.82) is 0 Å². The minimum atomic E-state index is -0.564. The largest absolute Gasteiger partial charge is 0.451 e. The molecule has 0 aromatic carbocycles. The number of rotatable bonds is 1. The van der Waals surface area contributed by atoms with Crippen molar-refractivity contribution in [3.8, 4) is 0 Å². The van der Waals surface area contributed by atoms with Gasteiger partial charge in [0.1, 0.15) is 5.60 Å². The topological polar surface area (TPSA) is 43.4 Å². The van der Waals surface area contributed by atoms with Crippen LogP contribution in [-0.2, 0) is 14.3 Å². The molecular formula is C12H16O3. The number of hydrogen-bond acceptors (Lipinski definition) is 3. The standard InChI is InChI=1S/C12H16O3/c1-8-10(9(2)13)12(15-11(8)14)6-4-3-5-7-12/h3-7H2,1-2H3. The molecule has 82 valence electrons. The summed E-state index contributed by atoms with van der Waals surface area (Å²) in [7, 11) is 0. The molecule has 3 heteroatoms. The first-order chi connectivity index (χ1) is 7.07. The van der Waals surface area contributed by atoms with Crippen molar-refractivity contribution in [2.24, 2.45) is 0 Å². The predicted molar refractivity (Wildman–Crippen MR) is 55.3 cm³/mol. The summed E-state index contributed by atoms with van der Waals surface area (Å²) < 4.78 is 5.44. The summed E-state index contributed by atoms with van der Waals surface area (Å²) >= 11 is 0. The molecule has 0 saturated heterocycles. The van der Waals surface area contributed by atoms with Gasteiger partial charge in [0, 0.05) is 11.1 Å². The third-order valence-corrected chi connectivity index (χ3v) is 3.44. The lowest BCUT2D eigenvalue weighted by Crippen LogP contribution is -2.36. The lowest BCUT2D eigenvalue weighted by atomic mass is 9.77. The Labute approximate surface area is 89.5 Å². The van der Waals surface area contributed by atoms with Crippen molar-refractivity contribution >= 4 is 11.8 Å². The van der Waals surface area contributed by atoms with E-state index in [0.717, 1.165) is 25.7 Å². The van der Waals surface area contributed by atoms with E-state index < -0.39 is 5.60 Å². The fraction of sp³-hybridized carbons (Fsp3) is 0.667. The summed E-state index contributed by atoms with van der Waals surface area (Å²) in [4.78, 5) is 23.1. The van der Waals surface area contributed by atoms with Crippen LogP contribution < -0.4 is 0 Å². The monoisotopic (exact) mass is 208 g/mol. The molecule has 3 nitrogen and oxygen atoms in total. The molecule has 1 spiro atoms. The lowest BCUT2D eigenvalue weighted by Gasteiger charge is -2.33. The normalized spacial score (nSPS) is 24.5. The molecule has 1 aliphatic carbocycles. The molecule has 0 aromatic heterocycles. The van der Waals surface area contributed by atoms with Crippen LogP contribution in [0, 0.1) is 0 Å². The highest BCUT2D eigenvalue weighted by atomic mass is 16.6. The number of ketones is 1. The first-order valence-corrected chi connectivity index (χ1v) is 5.52. The molecule has 0 aromatic rings. The third kappa shape index (κ3) is 1.50. The Hall–Kier alpha value is -1.12. The summed E-state index contributed by atoms with van der Waals surface area (Å²) in [5.41, 5.74) is 0.585. The van der Waals surface area contributed by atoms with Crippen LogP contribution in [0.2, 0.25) is 0 Å². The van der Waals surface area contributed by atoms with Gasteiger partial charge in [0.2, 0.25) is 0 Å². The molecule has 0 bridgehead atoms. The average Bonchev–Trinajstić information content (AvgIpc) is 2.40. The molecule has 0 radical (unpaired) electrons. The summed E-state index contributed by atoms with van der Waals surface area (Å²) in [5, 5.41) is 0. The zero-order chi connectivity index (χ0) is 11.1. The van der Waals surface area contributed by atoms with Crippen LogP contribution in [0.5, 0.6) is 0 Å². The van der Waals surface area contributed by atoms with Crippen molar-refractivity contribution in [2.45, 2.75) is 51.6 Å². The van der Waals surface area contributed by atoms with Crippen LogP contribution in [-0.4, -0.2) is 17.4 Å². The second-order valence-corrected chi connectivity index (χ2v) is 4.50. The fourth-order valence-corrected chi connectivity index (χ4v) is 2.81. The minimum Gasteiger partial charge on any atom is -0.451 e. The quantitative estimate of drug-likeness (QED) is 0.620. The van der Waals surface area contributed by atoms with E-state index in [0.29, 0.717) is 11.1 Å². The number of Topliss-reactive ketones (excluding diaryl/α,β-unsaturated/α-hetero) is 1. The van der Waals surface area contributed by atoms with E-state index in [1.54, 1.807) is 6.92 Å². The molecule has 15 heavy (non-hydrogen) atoms. The van der Waals surface area contributed by atoms with E-state index >= 15 is 0 Å². The molecule has 2 aliphatic rings. The Kier molecular flexibility index (Phi) is 2.41. The first-order valence-electron chi connectivity index (χ1n) is 5.52. The zero-order valence-electron chi connectivity index (χ0n) is 9.26. The summed E-state index contributed by atoms with van der Waals surface area (Å²) in [6, 6.07) is 0. The zero-order valence-corrected chi connectivity index (χ0v) is 9.26. The van der Waals surface area contributed by atoms with Gasteiger partial charge in [-0.05, 0) is 39.5 Å². The van der Waals surface area contributed by atoms with Crippen molar-refractivity contribution in [3.05, 3.63) is 11.1 Å². The molecule has 1 fully saturated rings. The summed E-state index contributed by atoms with van der Waals surface area (Å²) in [5.74, 6) is -0.317. The van der Waals surface area contributed by atoms with E-state index in [1.165, 1.54) is 13.3 Å². The number of carbonyl (C=O) groups is 2. The van der Waals surface area contributed by atoms with Crippen molar-refractivity contribution in [2.75, 3.05) is 0 Å². The van der Waals surface area contributed by atoms with Crippen LogP contribution in [0.15, 0.2) is 11.1 Å². The molecule has 1 aliphatic heterocycles. The lowest BCUT2D eigenvalue weighted by molar-refractivity contribution is -0.149. The van der Waals surface area contributed by atoms with Gasteiger partial charge < -0.3 is 4.74 Å². The second kappa shape index (κ2) is 3.47. The maximum Gasteiger partial charge on any atom is 0.335 e. The smallest absolute Gasteiger partial charge is 0.335 e. The van der Waals surface area contributed by atoms with Gasteiger partial charge in [-0.3, -0.25) is 4.79 Å². The number of hydrogen-bond donors (Lipinski definition) is 0. The fourth-order valence-electron chi connectivity index (χ4n) is 2.81. The second-order valence-electron chi connectivity index (χ2n) is 4.50. The maximum absolute atomic E-state index is 11.6. The van der Waals surface area contributed by atoms with Gasteiger partial charge in [0.25, 0.3) is 0 Å². The van der Waals surface area contributed by atoms with Gasteiger partial charge in [0.15, 0.2) is 5.78 Å². The van der Waals surface area contributed by atoms with Gasteiger partial charge in [0.05, 0.1) is 0 Å². The van der Waals surface area contributed by atoms with Crippen LogP contribution in [0.4, 0.5) is 0 Å². The Morgan fingerprint density at radius 2 is 1.87 bits per heavy atom. The van der Waals surface area contributed by atoms with Crippen LogP contribution in [0.25, 0.3) is 0 Å². The third-order valence-electron chi connectivity index (χ3n) is 3.44. The predicted octanol–water partition coefficient (Wildman–Crippen LogP) is 2.15. The van der Waals surface area contributed by atoms with Gasteiger partial charge >= 0.3 is 5.97 Å². The summed E-state index contributed by atoms with van der Waals surface area (Å²) in [6.07, 6.45) is 4.87. The number of carbonyl (C=O) groups excluding carboxylic acids is 2. The molecule has 0 amide bonds. The highest BCUT2D eigenvalue weighted by Gasteiger charge is 2.48. The van der Waals surface area contributed by atoms with Gasteiger partial charge in [-0.15, -0.1) is 0 Å². The van der Waals surface area contributed by atoms with E-state index in [4.69, 9.17) is 4.74 Å². The minimum absolute atomic E-state index is 0.0137. The average molecular weight is 208 g/mol. The van der Waals surface area contributed by atoms with Crippen LogP contribution in [0.3, 0.4) is 0 Å². The molecule has 0 atom stereocenters. The number of esters is 1. The van der Waals surface area contributed by atoms with E-state index in [9.17, 15) is 9.59 Å². The van der Waals surface area contributed by atoms with E-state index in [-0.39, 0.29) is 11.8 Å². The van der Waals surface area contributed by atoms with Crippen molar-refractivity contribution < 1.29 is 14.3 Å². The van der Waals surface area contributed by atoms with Gasteiger partial charge in [-0.25, -0.2) is 4.79 Å². The Morgan fingerprint density at radius 3 is 2.40 bits per heavy atom. The first kappa shape index (κ1) is 10.4. The molecule has 0 N–H and O–H groups in total. The SMILES string of the molecule is CC(=O)C1=C(C)C(=O)OC12CCCCC2. The van der Waals surface area contributed by atoms with Crippen molar-refractivity contribution in [3.63, 3.8) is 0 Å². The molecule has 2 rings (SSSR count). The Morgan fingerprint density at radius 1 is 1.27 bits per heavy atom. The van der Waals surface area contributed by atoms with Crippen LogP contribution >= 0.6 is 0 Å². The van der Waals surface area contributed by atoms with Crippen LogP contribution in [0.1, 0.15) is 46.0 Å². The molecular weight excluding hydrogens is 192 g/mol.